The van der Waals surface area contributed by atoms with E-state index < -0.39 is 0 Å². The van der Waals surface area contributed by atoms with Gasteiger partial charge in [0, 0.05) is 0 Å². The monoisotopic (exact) mass is 593 g/mol. The molecule has 146 valence electrons. The predicted octanol–water partition coefficient (Wildman–Crippen LogP) is 6.80. The van der Waals surface area contributed by atoms with Crippen molar-refractivity contribution in [1.82, 2.24) is 0 Å². The first-order valence-electron chi connectivity index (χ1n) is 9.17. The molecule has 0 heterocycles. The Morgan fingerprint density at radius 3 is 1.34 bits per heavy atom. The van der Waals surface area contributed by atoms with Crippen LogP contribution in [-0.2, 0) is 18.8 Å². The van der Waals surface area contributed by atoms with Crippen LogP contribution >= 0.6 is 18.0 Å². The maximum Gasteiger partial charge on any atom is -0.0226 e. The van der Waals surface area contributed by atoms with Crippen LogP contribution in [0, 0.1) is 6.07 Å². The Kier molecular flexibility index (Phi) is 8.91. The maximum atomic E-state index is 4.61. The van der Waals surface area contributed by atoms with Gasteiger partial charge in [-0.25, -0.2) is 0 Å². The van der Waals surface area contributed by atoms with Crippen LogP contribution in [0.25, 0.3) is 21.5 Å². The zero-order valence-electron chi connectivity index (χ0n) is 15.7. The van der Waals surface area contributed by atoms with Gasteiger partial charge in [0.15, 0.2) is 0 Å². The van der Waals surface area contributed by atoms with Crippen molar-refractivity contribution in [2.75, 3.05) is 0 Å². The summed E-state index contributed by atoms with van der Waals surface area (Å²) in [5.41, 5.74) is 0. The average molecular weight is 594 g/mol. The molecule has 5 aromatic rings. The molecule has 0 spiro atoms. The van der Waals surface area contributed by atoms with Crippen molar-refractivity contribution in [3.8, 4) is 0 Å². The molecule has 0 saturated heterocycles. The molecule has 0 amide bonds. The molecule has 0 radical (unpaired) electrons. The van der Waals surface area contributed by atoms with Crippen LogP contribution in [0.3, 0.4) is 0 Å². The summed E-state index contributed by atoms with van der Waals surface area (Å²) in [5, 5.41) is 7.68. The summed E-state index contributed by atoms with van der Waals surface area (Å²) in [5.74, 6) is 0. The minimum atomic E-state index is 0.777. The van der Waals surface area contributed by atoms with Gasteiger partial charge < -0.3 is 0 Å². The second kappa shape index (κ2) is 11.9. The summed E-state index contributed by atoms with van der Waals surface area (Å²) in [4.78, 5) is 0. The minimum Gasteiger partial charge on any atom is -0.118 e. The average Bonchev–Trinajstić information content (AvgIpc) is 2.81. The van der Waals surface area contributed by atoms with Crippen molar-refractivity contribution < 1.29 is 18.8 Å². The molecule has 0 nitrogen and oxygen atoms in total. The number of benzene rings is 5. The van der Waals surface area contributed by atoms with Gasteiger partial charge in [0.2, 0.25) is 0 Å². The smallest absolute Gasteiger partial charge is 0.0226 e. The number of rotatable bonds is 2. The molecule has 29 heavy (non-hydrogen) atoms. The Hall–Kier alpha value is -1.97. The van der Waals surface area contributed by atoms with E-state index in [0.29, 0.717) is 0 Å². The van der Waals surface area contributed by atoms with E-state index in [1.807, 2.05) is 12.1 Å². The molecule has 0 unspecified atom stereocenters. The summed E-state index contributed by atoms with van der Waals surface area (Å²) in [7, 11) is 5.39. The van der Waals surface area contributed by atoms with E-state index in [-0.39, 0.29) is 0 Å². The van der Waals surface area contributed by atoms with Crippen molar-refractivity contribution in [1.29, 1.82) is 0 Å². The van der Waals surface area contributed by atoms with Gasteiger partial charge in [-0.2, -0.15) is 0 Å². The Morgan fingerprint density at radius 2 is 0.897 bits per heavy atom. The summed E-state index contributed by atoms with van der Waals surface area (Å²) in [6.07, 6.45) is 0. The molecule has 0 fully saturated rings. The summed E-state index contributed by atoms with van der Waals surface area (Å²) in [6.45, 7) is 0. The first-order valence-corrected chi connectivity index (χ1v) is 13.0. The fourth-order valence-corrected chi connectivity index (χ4v) is 4.05. The van der Waals surface area contributed by atoms with E-state index in [9.17, 15) is 0 Å². The van der Waals surface area contributed by atoms with Crippen molar-refractivity contribution >= 4 is 50.2 Å². The van der Waals surface area contributed by atoms with Gasteiger partial charge in [-0.15, -0.1) is 35.0 Å². The number of hydrogen-bond acceptors (Lipinski definition) is 0. The third-order valence-electron chi connectivity index (χ3n) is 4.34. The largest absolute Gasteiger partial charge is 0.118 e. The second-order valence-corrected chi connectivity index (χ2v) is 7.71. The van der Waals surface area contributed by atoms with E-state index in [1.54, 1.807) is 18.8 Å². The van der Waals surface area contributed by atoms with Crippen molar-refractivity contribution in [2.45, 2.75) is 0 Å². The topological polar surface area (TPSA) is 0 Å². The van der Waals surface area contributed by atoms with Crippen LogP contribution in [0.2, 0.25) is 0 Å². The number of halogens is 1. The maximum absolute atomic E-state index is 4.61. The molecule has 0 N–H and O–H groups in total. The van der Waals surface area contributed by atoms with Crippen molar-refractivity contribution in [3.63, 3.8) is 0 Å². The van der Waals surface area contributed by atoms with Gasteiger partial charge >= 0.3 is 28.2 Å². The molecule has 3 heteroatoms. The Labute approximate surface area is 189 Å². The zero-order chi connectivity index (χ0) is 20.3. The van der Waals surface area contributed by atoms with E-state index in [2.05, 4.69) is 119 Å². The SMILES string of the molecule is [Cl][Pt+].[c-]1c2ccccc2cc2ccccc12.c1ccc(Pc2ccccc2)cc1. The van der Waals surface area contributed by atoms with Crippen LogP contribution in [0.15, 0.2) is 115 Å². The van der Waals surface area contributed by atoms with Crippen LogP contribution in [0.4, 0.5) is 0 Å². The molecular weight excluding hydrogens is 574 g/mol. The van der Waals surface area contributed by atoms with Crippen LogP contribution < -0.4 is 10.6 Å². The van der Waals surface area contributed by atoms with E-state index >= 15 is 0 Å². The Balaban J connectivity index is 0.000000153. The summed E-state index contributed by atoms with van der Waals surface area (Å²) < 4.78 is 0. The molecule has 0 aliphatic heterocycles. The van der Waals surface area contributed by atoms with Crippen LogP contribution in [0.5, 0.6) is 0 Å². The first-order chi connectivity index (χ1) is 14.4. The van der Waals surface area contributed by atoms with Crippen molar-refractivity contribution in [3.05, 3.63) is 121 Å². The van der Waals surface area contributed by atoms with Gasteiger partial charge in [0.1, 0.15) is 0 Å². The molecule has 0 aromatic heterocycles. The van der Waals surface area contributed by atoms with Gasteiger partial charge in [0.05, 0.1) is 0 Å². The molecule has 5 aromatic carbocycles. The standard InChI is InChI=1S/C14H9.C12H11P.ClH.Pt/c1-2-6-12-10-14-8-4-3-7-13(14)9-11(12)5-1;1-3-7-11(8-4-1)13-12-9-5-2-6-10-12;;/h1-9H;1-10,13H;1H;/q-1;;;+2/p-1. The van der Waals surface area contributed by atoms with Crippen LogP contribution in [0.1, 0.15) is 0 Å². The van der Waals surface area contributed by atoms with Crippen molar-refractivity contribution in [2.24, 2.45) is 0 Å². The van der Waals surface area contributed by atoms with E-state index in [0.717, 1.165) is 8.58 Å². The second-order valence-electron chi connectivity index (χ2n) is 6.30. The van der Waals surface area contributed by atoms with Gasteiger partial charge in [-0.3, -0.25) is 0 Å². The third kappa shape index (κ3) is 6.51. The minimum absolute atomic E-state index is 0.777. The fraction of sp³-hybridized carbons (Fsp3) is 0. The first kappa shape index (κ1) is 21.7. The van der Waals surface area contributed by atoms with E-state index in [4.69, 9.17) is 0 Å². The molecular formula is C26H20ClPPt. The molecule has 0 bridgehead atoms. The third-order valence-corrected chi connectivity index (χ3v) is 5.58. The molecule has 0 aliphatic rings. The summed E-state index contributed by atoms with van der Waals surface area (Å²) in [6, 6.07) is 43.4. The molecule has 0 atom stereocenters. The number of hydrogen-bond donors (Lipinski definition) is 0. The Morgan fingerprint density at radius 1 is 0.517 bits per heavy atom. The number of fused-ring (bicyclic) bond motifs is 2. The Bertz CT molecular complexity index is 1000. The van der Waals surface area contributed by atoms with Gasteiger partial charge in [-0.1, -0.05) is 116 Å². The predicted molar refractivity (Wildman–Crippen MR) is 127 cm³/mol. The summed E-state index contributed by atoms with van der Waals surface area (Å²) >= 11 is 1.61. The molecule has 0 aliphatic carbocycles. The molecule has 5 rings (SSSR count). The van der Waals surface area contributed by atoms with E-state index in [1.165, 1.54) is 32.2 Å². The fourth-order valence-electron chi connectivity index (χ4n) is 3.00. The normalized spacial score (nSPS) is 9.90. The molecule has 0 saturated carbocycles. The van der Waals surface area contributed by atoms with Crippen LogP contribution in [-0.4, -0.2) is 0 Å². The van der Waals surface area contributed by atoms with Gasteiger partial charge in [-0.05, 0) is 10.6 Å². The zero-order valence-corrected chi connectivity index (χ0v) is 19.7. The van der Waals surface area contributed by atoms with Gasteiger partial charge in [0.25, 0.3) is 0 Å². The quantitative estimate of drug-likeness (QED) is 0.120.